The molecule has 1 heterocycles. The third-order valence-corrected chi connectivity index (χ3v) is 11.5. The van der Waals surface area contributed by atoms with Crippen LogP contribution in [0.15, 0.2) is 18.2 Å². The Morgan fingerprint density at radius 1 is 1.27 bits per heavy atom. The van der Waals surface area contributed by atoms with Crippen molar-refractivity contribution in [2.24, 2.45) is 5.41 Å². The van der Waals surface area contributed by atoms with Gasteiger partial charge in [0.05, 0.1) is 34.8 Å². The predicted octanol–water partition coefficient (Wildman–Crippen LogP) is 5.87. The number of amides is 1. The third kappa shape index (κ3) is 3.56. The molecule has 1 saturated carbocycles. The number of alkyl halides is 3. The second-order valence-corrected chi connectivity index (χ2v) is 14.7. The van der Waals surface area contributed by atoms with Gasteiger partial charge >= 0.3 is 6.18 Å². The second-order valence-electron chi connectivity index (χ2n) is 9.95. The first-order valence-corrected chi connectivity index (χ1v) is 13.2. The van der Waals surface area contributed by atoms with Crippen LogP contribution in [-0.4, -0.2) is 26.4 Å². The van der Waals surface area contributed by atoms with E-state index >= 15 is 0 Å². The molecule has 1 aromatic rings. The van der Waals surface area contributed by atoms with Gasteiger partial charge in [0.2, 0.25) is 5.91 Å². The van der Waals surface area contributed by atoms with Crippen LogP contribution >= 0.6 is 0 Å². The van der Waals surface area contributed by atoms with Crippen LogP contribution in [0, 0.1) is 16.7 Å². The first-order chi connectivity index (χ1) is 13.7. The smallest absolute Gasteiger partial charge is 0.411 e. The highest BCUT2D eigenvalue weighted by Crippen LogP contribution is 2.59. The van der Waals surface area contributed by atoms with Gasteiger partial charge in [-0.15, -0.1) is 0 Å². The number of halogens is 3. The fraction of sp³-hybridized carbons (Fsp3) is 0.636. The van der Waals surface area contributed by atoms with Crippen LogP contribution in [0.4, 0.5) is 18.9 Å². The molecule has 2 fully saturated rings. The number of benzene rings is 1. The van der Waals surface area contributed by atoms with E-state index in [9.17, 15) is 18.0 Å². The number of carbonyl (C=O) groups is 1. The Kier molecular flexibility index (Phi) is 5.40. The lowest BCUT2D eigenvalue weighted by Crippen LogP contribution is -2.49. The van der Waals surface area contributed by atoms with Gasteiger partial charge in [0.25, 0.3) is 0 Å². The summed E-state index contributed by atoms with van der Waals surface area (Å²) in [5.74, 6) is -0.157. The SMILES string of the molecule is CCC1C(O[Si](C)(C)C(C)(C)C)C2(CC2)C(=O)N1c1ccc(C#N)c(C(F)(F)F)c1. The number of nitriles is 1. The topological polar surface area (TPSA) is 53.3 Å². The summed E-state index contributed by atoms with van der Waals surface area (Å²) in [5.41, 5.74) is -1.90. The van der Waals surface area contributed by atoms with Crippen molar-refractivity contribution in [2.45, 2.75) is 83.4 Å². The molecule has 0 bridgehead atoms. The highest BCUT2D eigenvalue weighted by atomic mass is 28.4. The van der Waals surface area contributed by atoms with Gasteiger partial charge in [-0.2, -0.15) is 18.4 Å². The van der Waals surface area contributed by atoms with Crippen molar-refractivity contribution in [3.63, 3.8) is 0 Å². The van der Waals surface area contributed by atoms with Crippen molar-refractivity contribution in [1.82, 2.24) is 0 Å². The van der Waals surface area contributed by atoms with Crippen molar-refractivity contribution < 1.29 is 22.4 Å². The molecule has 0 radical (unpaired) electrons. The van der Waals surface area contributed by atoms with Gasteiger partial charge in [-0.3, -0.25) is 4.79 Å². The van der Waals surface area contributed by atoms with E-state index in [0.29, 0.717) is 19.3 Å². The van der Waals surface area contributed by atoms with Crippen molar-refractivity contribution in [1.29, 1.82) is 5.26 Å². The predicted molar refractivity (Wildman–Crippen MR) is 111 cm³/mol. The molecule has 0 aromatic heterocycles. The molecule has 1 saturated heterocycles. The Bertz CT molecular complexity index is 895. The number of hydrogen-bond donors (Lipinski definition) is 0. The van der Waals surface area contributed by atoms with E-state index in [1.165, 1.54) is 11.0 Å². The zero-order chi connectivity index (χ0) is 22.7. The van der Waals surface area contributed by atoms with E-state index in [0.717, 1.165) is 12.1 Å². The third-order valence-electron chi connectivity index (χ3n) is 7.01. The lowest BCUT2D eigenvalue weighted by Gasteiger charge is -2.41. The van der Waals surface area contributed by atoms with Crippen LogP contribution in [0.1, 0.15) is 58.1 Å². The molecular weight excluding hydrogens is 409 g/mol. The lowest BCUT2D eigenvalue weighted by atomic mass is 9.97. The van der Waals surface area contributed by atoms with Crippen LogP contribution in [0.3, 0.4) is 0 Å². The molecule has 2 aliphatic rings. The molecule has 8 heteroatoms. The number of rotatable bonds is 4. The van der Waals surface area contributed by atoms with E-state index < -0.39 is 31.0 Å². The molecule has 2 unspecified atom stereocenters. The number of hydrogen-bond acceptors (Lipinski definition) is 3. The highest BCUT2D eigenvalue weighted by Gasteiger charge is 2.67. The quantitative estimate of drug-likeness (QED) is 0.552. The molecule has 1 amide bonds. The van der Waals surface area contributed by atoms with Gasteiger partial charge < -0.3 is 9.33 Å². The monoisotopic (exact) mass is 438 g/mol. The highest BCUT2D eigenvalue weighted by molar-refractivity contribution is 6.74. The second kappa shape index (κ2) is 7.09. The van der Waals surface area contributed by atoms with E-state index in [4.69, 9.17) is 9.69 Å². The van der Waals surface area contributed by atoms with Gasteiger partial charge in [-0.1, -0.05) is 27.7 Å². The summed E-state index contributed by atoms with van der Waals surface area (Å²) in [6.07, 6.45) is -3.03. The summed E-state index contributed by atoms with van der Waals surface area (Å²) < 4.78 is 47.2. The molecule has 30 heavy (non-hydrogen) atoms. The Morgan fingerprint density at radius 2 is 1.87 bits per heavy atom. The van der Waals surface area contributed by atoms with Crippen molar-refractivity contribution in [2.75, 3.05) is 4.90 Å². The molecule has 3 rings (SSSR count). The largest absolute Gasteiger partial charge is 0.417 e. The Morgan fingerprint density at radius 3 is 2.30 bits per heavy atom. The fourth-order valence-corrected chi connectivity index (χ4v) is 5.42. The zero-order valence-electron chi connectivity index (χ0n) is 18.4. The minimum atomic E-state index is -4.67. The summed E-state index contributed by atoms with van der Waals surface area (Å²) in [6, 6.07) is 4.80. The van der Waals surface area contributed by atoms with Gasteiger partial charge in [-0.05, 0) is 55.6 Å². The standard InChI is InChI=1S/C22H29F3N2O2Si/c1-7-17-18(29-30(5,6)20(2,3)4)21(10-11-21)19(28)27(17)15-9-8-14(13-26)16(12-15)22(23,24)25/h8-9,12,17-18H,7,10-11H2,1-6H3. The number of carbonyl (C=O) groups excluding carboxylic acids is 1. The average Bonchev–Trinajstić information content (AvgIpc) is 3.40. The maximum Gasteiger partial charge on any atom is 0.417 e. The summed E-state index contributed by atoms with van der Waals surface area (Å²) in [4.78, 5) is 14.9. The van der Waals surface area contributed by atoms with Gasteiger partial charge in [0.15, 0.2) is 8.32 Å². The molecule has 1 aromatic carbocycles. The number of nitrogens with zero attached hydrogens (tertiary/aromatic N) is 2. The molecule has 1 aliphatic heterocycles. The van der Waals surface area contributed by atoms with Crippen molar-refractivity contribution in [3.05, 3.63) is 29.3 Å². The van der Waals surface area contributed by atoms with Crippen molar-refractivity contribution >= 4 is 19.9 Å². The van der Waals surface area contributed by atoms with Crippen LogP contribution in [-0.2, 0) is 15.4 Å². The minimum Gasteiger partial charge on any atom is -0.411 e. The summed E-state index contributed by atoms with van der Waals surface area (Å²) in [5, 5.41) is 9.04. The Labute approximate surface area is 177 Å². The van der Waals surface area contributed by atoms with Crippen LogP contribution in [0.25, 0.3) is 0 Å². The maximum atomic E-state index is 13.5. The van der Waals surface area contributed by atoms with Crippen LogP contribution in [0.2, 0.25) is 18.1 Å². The molecule has 4 nitrogen and oxygen atoms in total. The number of anilines is 1. The Hall–Kier alpha value is -1.85. The zero-order valence-corrected chi connectivity index (χ0v) is 19.4. The molecular formula is C22H29F3N2O2Si. The van der Waals surface area contributed by atoms with E-state index in [2.05, 4.69) is 33.9 Å². The van der Waals surface area contributed by atoms with Crippen molar-refractivity contribution in [3.8, 4) is 6.07 Å². The van der Waals surface area contributed by atoms with E-state index in [1.54, 1.807) is 6.07 Å². The molecule has 164 valence electrons. The first-order valence-electron chi connectivity index (χ1n) is 10.3. The van der Waals surface area contributed by atoms with Gasteiger partial charge in [0.1, 0.15) is 0 Å². The normalized spacial score (nSPS) is 23.7. The van der Waals surface area contributed by atoms with E-state index in [-0.39, 0.29) is 28.8 Å². The minimum absolute atomic E-state index is 0.0459. The van der Waals surface area contributed by atoms with Crippen LogP contribution in [0.5, 0.6) is 0 Å². The molecule has 1 spiro atoms. The first kappa shape index (κ1) is 22.8. The molecule has 0 N–H and O–H groups in total. The van der Waals surface area contributed by atoms with Gasteiger partial charge in [0, 0.05) is 5.69 Å². The van der Waals surface area contributed by atoms with E-state index in [1.807, 2.05) is 6.92 Å². The fourth-order valence-electron chi connectivity index (χ4n) is 4.05. The van der Waals surface area contributed by atoms with Gasteiger partial charge in [-0.25, -0.2) is 0 Å². The molecule has 2 atom stereocenters. The Balaban J connectivity index is 2.05. The molecule has 1 aliphatic carbocycles. The van der Waals surface area contributed by atoms with Crippen LogP contribution < -0.4 is 4.90 Å². The average molecular weight is 439 g/mol. The maximum absolute atomic E-state index is 13.5. The summed E-state index contributed by atoms with van der Waals surface area (Å²) in [6.45, 7) is 12.6. The lowest BCUT2D eigenvalue weighted by molar-refractivity contribution is -0.137. The summed E-state index contributed by atoms with van der Waals surface area (Å²) >= 11 is 0. The summed E-state index contributed by atoms with van der Waals surface area (Å²) in [7, 11) is -2.19.